The lowest BCUT2D eigenvalue weighted by Gasteiger charge is -2.26. The maximum absolute atomic E-state index is 12.8. The van der Waals surface area contributed by atoms with Crippen LogP contribution in [0.4, 0.5) is 4.79 Å². The number of epoxide rings is 1. The van der Waals surface area contributed by atoms with Gasteiger partial charge in [-0.3, -0.25) is 4.79 Å². The molecule has 0 aromatic rings. The second-order valence-electron chi connectivity index (χ2n) is 14.0. The van der Waals surface area contributed by atoms with Crippen molar-refractivity contribution in [1.29, 1.82) is 0 Å². The van der Waals surface area contributed by atoms with Gasteiger partial charge in [-0.25, -0.2) is 4.79 Å². The Morgan fingerprint density at radius 3 is 2.62 bits per heavy atom. The lowest BCUT2D eigenvalue weighted by molar-refractivity contribution is -0.151. The fourth-order valence-corrected chi connectivity index (χ4v) is 6.75. The van der Waals surface area contributed by atoms with E-state index >= 15 is 0 Å². The van der Waals surface area contributed by atoms with Crippen molar-refractivity contribution >= 4 is 12.1 Å². The number of piperidine rings is 1. The molecule has 0 aliphatic carbocycles. The fourth-order valence-electron chi connectivity index (χ4n) is 6.75. The zero-order valence-electron chi connectivity index (χ0n) is 30.1. The minimum Gasteiger partial charge on any atom is -0.457 e. The van der Waals surface area contributed by atoms with Gasteiger partial charge < -0.3 is 39.4 Å². The second kappa shape index (κ2) is 20.2. The second-order valence-corrected chi connectivity index (χ2v) is 14.0. The molecule has 10 nitrogen and oxygen atoms in total. The summed E-state index contributed by atoms with van der Waals surface area (Å²) in [4.78, 5) is 28.0. The van der Waals surface area contributed by atoms with E-state index in [2.05, 4.69) is 30.6 Å². The molecule has 0 saturated carbocycles. The highest BCUT2D eigenvalue weighted by molar-refractivity contribution is 5.70. The van der Waals surface area contributed by atoms with Crippen molar-refractivity contribution in [3.05, 3.63) is 48.1 Å². The third-order valence-electron chi connectivity index (χ3n) is 10.0. The van der Waals surface area contributed by atoms with E-state index < -0.39 is 36.5 Å². The minimum absolute atomic E-state index is 0.0314. The summed E-state index contributed by atoms with van der Waals surface area (Å²) in [6.45, 7) is 17.8. The topological polar surface area (TPSA) is 130 Å². The van der Waals surface area contributed by atoms with Crippen LogP contribution >= 0.6 is 0 Å². The number of likely N-dealkylation sites (tertiary alicyclic amines) is 1. The Labute approximate surface area is 288 Å². The van der Waals surface area contributed by atoms with Gasteiger partial charge in [0.15, 0.2) is 0 Å². The molecule has 0 spiro atoms. The summed E-state index contributed by atoms with van der Waals surface area (Å²) in [5.74, 6) is -0.722. The molecule has 272 valence electrons. The van der Waals surface area contributed by atoms with Gasteiger partial charge in [0.05, 0.1) is 30.8 Å². The molecule has 10 heteroatoms. The molecule has 48 heavy (non-hydrogen) atoms. The lowest BCUT2D eigenvalue weighted by Crippen LogP contribution is -2.34. The van der Waals surface area contributed by atoms with Crippen molar-refractivity contribution in [3.8, 4) is 0 Å². The van der Waals surface area contributed by atoms with Gasteiger partial charge in [0.25, 0.3) is 0 Å². The maximum atomic E-state index is 12.8. The van der Waals surface area contributed by atoms with Gasteiger partial charge in [0.2, 0.25) is 0 Å². The standard InChI is InChI=1S/C38H62N2O8/c1-8-31(45-7)29(6)36-37(48-36)34(43)26(3)14-12-15-27(4)35-28(5)17-19-32(25(2)16-18-30(41)24-33(42)47-35)46-38(44)39-20-13-23-40-21-10-9-11-22-40/h12,14-15,17,19,26,28-32,34-37,41,43H,2,8-11,13,16,18,20-24H2,1,3-7H3,(H,39,44)/b14-12+,19-17+,27-15+. The van der Waals surface area contributed by atoms with Crippen LogP contribution in [-0.2, 0) is 23.7 Å². The number of methoxy groups -OCH3 is 1. The molecule has 3 rings (SSSR count). The number of hydrogen-bond acceptors (Lipinski definition) is 9. The molecular weight excluding hydrogens is 612 g/mol. The highest BCUT2D eigenvalue weighted by Crippen LogP contribution is 2.37. The van der Waals surface area contributed by atoms with Crippen molar-refractivity contribution in [2.24, 2.45) is 17.8 Å². The molecule has 2 fully saturated rings. The average Bonchev–Trinajstić information content (AvgIpc) is 3.87. The van der Waals surface area contributed by atoms with E-state index in [1.54, 1.807) is 13.2 Å². The first-order valence-electron chi connectivity index (χ1n) is 18.1. The number of hydrogen-bond donors (Lipinski definition) is 3. The van der Waals surface area contributed by atoms with E-state index in [9.17, 15) is 19.8 Å². The van der Waals surface area contributed by atoms with Crippen LogP contribution in [0.25, 0.3) is 0 Å². The van der Waals surface area contributed by atoms with Crippen LogP contribution in [0.1, 0.15) is 86.0 Å². The molecule has 3 aliphatic rings. The van der Waals surface area contributed by atoms with Crippen molar-refractivity contribution in [1.82, 2.24) is 10.2 Å². The summed E-state index contributed by atoms with van der Waals surface area (Å²) in [5.41, 5.74) is 1.45. The predicted octanol–water partition coefficient (Wildman–Crippen LogP) is 5.49. The largest absolute Gasteiger partial charge is 0.457 e. The van der Waals surface area contributed by atoms with Crippen molar-refractivity contribution < 1.29 is 38.7 Å². The molecule has 0 radical (unpaired) electrons. The van der Waals surface area contributed by atoms with Gasteiger partial charge in [0, 0.05) is 31.4 Å². The number of nitrogens with zero attached hydrogens (tertiary/aromatic N) is 1. The number of ether oxygens (including phenoxy) is 4. The normalized spacial score (nSPS) is 31.1. The van der Waals surface area contributed by atoms with E-state index in [0.717, 1.165) is 38.0 Å². The van der Waals surface area contributed by atoms with E-state index in [-0.39, 0.29) is 42.5 Å². The number of carbonyl (C=O) groups excluding carboxylic acids is 2. The summed E-state index contributed by atoms with van der Waals surface area (Å²) >= 11 is 0. The summed E-state index contributed by atoms with van der Waals surface area (Å²) in [7, 11) is 1.71. The zero-order valence-corrected chi connectivity index (χ0v) is 30.1. The number of aliphatic hydroxyl groups is 2. The van der Waals surface area contributed by atoms with Crippen LogP contribution in [0.15, 0.2) is 48.1 Å². The Kier molecular flexibility index (Phi) is 16.8. The summed E-state index contributed by atoms with van der Waals surface area (Å²) in [6.07, 6.45) is 11.9. The third kappa shape index (κ3) is 12.8. The van der Waals surface area contributed by atoms with Crippen LogP contribution < -0.4 is 5.32 Å². The number of carbonyl (C=O) groups is 2. The average molecular weight is 675 g/mol. The van der Waals surface area contributed by atoms with Gasteiger partial charge in [-0.15, -0.1) is 0 Å². The van der Waals surface area contributed by atoms with E-state index in [1.807, 2.05) is 45.1 Å². The first kappa shape index (κ1) is 39.9. The number of rotatable bonds is 14. The first-order valence-corrected chi connectivity index (χ1v) is 18.1. The monoisotopic (exact) mass is 674 g/mol. The highest BCUT2D eigenvalue weighted by atomic mass is 16.6. The number of allylic oxidation sites excluding steroid dienone is 2. The van der Waals surface area contributed by atoms with Gasteiger partial charge in [0.1, 0.15) is 18.3 Å². The molecule has 1 amide bonds. The number of amides is 1. The number of cyclic esters (lactones) is 1. The number of alkyl carbamates (subject to hydrolysis) is 1. The van der Waals surface area contributed by atoms with Crippen LogP contribution in [0.5, 0.6) is 0 Å². The third-order valence-corrected chi connectivity index (χ3v) is 10.0. The van der Waals surface area contributed by atoms with Gasteiger partial charge in [-0.1, -0.05) is 65.0 Å². The number of nitrogens with one attached hydrogen (secondary N) is 1. The van der Waals surface area contributed by atoms with Crippen LogP contribution in [-0.4, -0.2) is 103 Å². The summed E-state index contributed by atoms with van der Waals surface area (Å²) in [5, 5.41) is 24.4. The summed E-state index contributed by atoms with van der Waals surface area (Å²) in [6, 6.07) is 0. The van der Waals surface area contributed by atoms with Crippen molar-refractivity contribution in [3.63, 3.8) is 0 Å². The van der Waals surface area contributed by atoms with Crippen molar-refractivity contribution in [2.45, 2.75) is 129 Å². The fraction of sp³-hybridized carbons (Fsp3) is 0.737. The van der Waals surface area contributed by atoms with Gasteiger partial charge in [-0.05, 0) is 82.3 Å². The van der Waals surface area contributed by atoms with Gasteiger partial charge >= 0.3 is 12.1 Å². The van der Waals surface area contributed by atoms with E-state index in [0.29, 0.717) is 25.0 Å². The maximum Gasteiger partial charge on any atom is 0.408 e. The molecule has 0 bridgehead atoms. The summed E-state index contributed by atoms with van der Waals surface area (Å²) < 4.78 is 23.1. The lowest BCUT2D eigenvalue weighted by atomic mass is 9.91. The quantitative estimate of drug-likeness (QED) is 0.0720. The zero-order chi connectivity index (χ0) is 35.2. The Bertz CT molecular complexity index is 1110. The SMILES string of the molecule is C=C1CCC(O)CC(=O)OC(/C(C)=C/C=C/C(C)C(O)C2OC2C(C)C(CC)OC)C(C)/C=C/C1OC(=O)NCCCN1CCCCC1. The molecular formula is C38H62N2O8. The van der Waals surface area contributed by atoms with E-state index in [1.165, 1.54) is 19.3 Å². The number of esters is 1. The Balaban J connectivity index is 1.62. The molecule has 3 N–H and O–H groups in total. The molecule has 0 aromatic heterocycles. The Hall–Kier alpha value is -2.50. The minimum atomic E-state index is -0.905. The molecule has 10 unspecified atom stereocenters. The van der Waals surface area contributed by atoms with Gasteiger partial charge in [-0.2, -0.15) is 0 Å². The molecule has 0 aromatic carbocycles. The highest BCUT2D eigenvalue weighted by Gasteiger charge is 2.50. The van der Waals surface area contributed by atoms with Crippen LogP contribution in [0, 0.1) is 17.8 Å². The molecule has 2 saturated heterocycles. The van der Waals surface area contributed by atoms with Crippen molar-refractivity contribution in [2.75, 3.05) is 33.3 Å². The molecule has 3 heterocycles. The Morgan fingerprint density at radius 1 is 1.21 bits per heavy atom. The number of aliphatic hydroxyl groups excluding tert-OH is 2. The molecule has 10 atom stereocenters. The van der Waals surface area contributed by atoms with Crippen LogP contribution in [0.2, 0.25) is 0 Å². The van der Waals surface area contributed by atoms with Crippen LogP contribution in [0.3, 0.4) is 0 Å². The smallest absolute Gasteiger partial charge is 0.408 e. The molecule has 3 aliphatic heterocycles. The Morgan fingerprint density at radius 2 is 1.94 bits per heavy atom. The first-order chi connectivity index (χ1) is 22.9. The predicted molar refractivity (Wildman–Crippen MR) is 187 cm³/mol. The van der Waals surface area contributed by atoms with E-state index in [4.69, 9.17) is 18.9 Å².